The van der Waals surface area contributed by atoms with Gasteiger partial charge in [-0.3, -0.25) is 9.69 Å². The van der Waals surface area contributed by atoms with E-state index in [1.54, 1.807) is 24.1 Å². The number of benzene rings is 2. The first-order valence-corrected chi connectivity index (χ1v) is 10.8. The van der Waals surface area contributed by atoms with Crippen LogP contribution in [-0.2, 0) is 4.79 Å². The number of hydrogen-bond acceptors (Lipinski definition) is 4. The van der Waals surface area contributed by atoms with Crippen molar-refractivity contribution >= 4 is 24.0 Å². The molecule has 1 amide bonds. The Labute approximate surface area is 189 Å². The summed E-state index contributed by atoms with van der Waals surface area (Å²) in [6, 6.07) is 11.8. The second kappa shape index (κ2) is 10.8. The van der Waals surface area contributed by atoms with Gasteiger partial charge in [0.05, 0.1) is 13.0 Å². The van der Waals surface area contributed by atoms with E-state index >= 15 is 0 Å². The summed E-state index contributed by atoms with van der Waals surface area (Å²) in [6.07, 6.45) is 4.54. The highest BCUT2D eigenvalue weighted by molar-refractivity contribution is 6.00. The molecule has 1 unspecified atom stereocenters. The zero-order valence-electron chi connectivity index (χ0n) is 17.9. The van der Waals surface area contributed by atoms with Crippen molar-refractivity contribution in [1.29, 1.82) is 0 Å². The van der Waals surface area contributed by atoms with E-state index in [1.165, 1.54) is 31.4 Å². The molecule has 2 heterocycles. The lowest BCUT2D eigenvalue weighted by Gasteiger charge is -2.26. The smallest absolute Gasteiger partial charge is 0.234 e. The van der Waals surface area contributed by atoms with Crippen LogP contribution in [0.25, 0.3) is 0 Å². The van der Waals surface area contributed by atoms with E-state index in [2.05, 4.69) is 4.90 Å². The molecule has 0 bridgehead atoms. The van der Waals surface area contributed by atoms with Crippen molar-refractivity contribution < 1.29 is 18.7 Å². The molecule has 168 valence electrons. The normalized spacial score (nSPS) is 19.2. The number of anilines is 1. The summed E-state index contributed by atoms with van der Waals surface area (Å²) in [7, 11) is 1.62. The molecular formula is C24H30ClFN2O3. The Bertz CT molecular complexity index is 872. The van der Waals surface area contributed by atoms with Gasteiger partial charge in [-0.15, -0.1) is 12.4 Å². The third kappa shape index (κ3) is 5.49. The van der Waals surface area contributed by atoms with Gasteiger partial charge >= 0.3 is 0 Å². The van der Waals surface area contributed by atoms with Crippen LogP contribution in [0, 0.1) is 5.82 Å². The van der Waals surface area contributed by atoms with E-state index in [-0.39, 0.29) is 30.0 Å². The van der Waals surface area contributed by atoms with Crippen molar-refractivity contribution in [1.82, 2.24) is 4.90 Å². The van der Waals surface area contributed by atoms with Crippen LogP contribution in [0.1, 0.15) is 37.2 Å². The first-order valence-electron chi connectivity index (χ1n) is 10.8. The molecule has 31 heavy (non-hydrogen) atoms. The maximum Gasteiger partial charge on any atom is 0.234 e. The van der Waals surface area contributed by atoms with E-state index in [1.807, 2.05) is 18.2 Å². The highest BCUT2D eigenvalue weighted by Crippen LogP contribution is 2.37. The molecule has 7 heteroatoms. The van der Waals surface area contributed by atoms with Crippen LogP contribution >= 0.6 is 12.4 Å². The van der Waals surface area contributed by atoms with Crippen LogP contribution in [0.3, 0.4) is 0 Å². The van der Waals surface area contributed by atoms with Gasteiger partial charge < -0.3 is 14.4 Å². The Morgan fingerprint density at radius 1 is 1.00 bits per heavy atom. The minimum Gasteiger partial charge on any atom is -0.493 e. The topological polar surface area (TPSA) is 42.0 Å². The van der Waals surface area contributed by atoms with Crippen LogP contribution < -0.4 is 14.4 Å². The molecule has 2 aliphatic heterocycles. The summed E-state index contributed by atoms with van der Waals surface area (Å²) in [5.74, 6) is 0.828. The van der Waals surface area contributed by atoms with Crippen LogP contribution in [0.15, 0.2) is 42.5 Å². The Balaban J connectivity index is 0.00000272. The Morgan fingerprint density at radius 2 is 1.74 bits per heavy atom. The summed E-state index contributed by atoms with van der Waals surface area (Å²) in [6.45, 7) is 4.37. The maximum atomic E-state index is 13.2. The molecule has 0 spiro atoms. The van der Waals surface area contributed by atoms with Crippen molar-refractivity contribution in [3.05, 3.63) is 53.8 Å². The molecule has 2 fully saturated rings. The third-order valence-electron chi connectivity index (χ3n) is 6.05. The van der Waals surface area contributed by atoms with Crippen LogP contribution in [0.5, 0.6) is 11.5 Å². The fraction of sp³-hybridized carbons (Fsp3) is 0.458. The standard InChI is InChI=1S/C24H29FN2O3.ClH/c1-29-22-10-9-20(17-23(22)30-16-15-26-12-3-2-4-13-26)27-14-11-21(24(27)28)18-5-7-19(25)8-6-18;/h5-10,17,21H,2-4,11-16H2,1H3;1H. The van der Waals surface area contributed by atoms with Crippen LogP contribution in [0.4, 0.5) is 10.1 Å². The molecule has 2 aromatic rings. The van der Waals surface area contributed by atoms with E-state index in [4.69, 9.17) is 9.47 Å². The van der Waals surface area contributed by atoms with E-state index < -0.39 is 0 Å². The average Bonchev–Trinajstić information content (AvgIpc) is 3.16. The predicted octanol–water partition coefficient (Wildman–Crippen LogP) is 4.64. The third-order valence-corrected chi connectivity index (χ3v) is 6.05. The molecular weight excluding hydrogens is 419 g/mol. The van der Waals surface area contributed by atoms with Crippen LogP contribution in [0.2, 0.25) is 0 Å². The lowest BCUT2D eigenvalue weighted by Crippen LogP contribution is -2.33. The summed E-state index contributed by atoms with van der Waals surface area (Å²) in [5.41, 5.74) is 1.66. The average molecular weight is 449 g/mol. The molecule has 5 nitrogen and oxygen atoms in total. The largest absolute Gasteiger partial charge is 0.493 e. The first kappa shape index (κ1) is 23.4. The first-order chi connectivity index (χ1) is 14.7. The van der Waals surface area contributed by atoms with Gasteiger partial charge in [-0.1, -0.05) is 18.6 Å². The number of carbonyl (C=O) groups excluding carboxylic acids is 1. The molecule has 1 atom stereocenters. The summed E-state index contributed by atoms with van der Waals surface area (Å²) >= 11 is 0. The van der Waals surface area contributed by atoms with Crippen molar-refractivity contribution in [2.75, 3.05) is 44.8 Å². The fourth-order valence-electron chi connectivity index (χ4n) is 4.35. The lowest BCUT2D eigenvalue weighted by atomic mass is 9.98. The second-order valence-corrected chi connectivity index (χ2v) is 7.97. The number of piperidine rings is 1. The number of rotatable bonds is 7. The maximum absolute atomic E-state index is 13.2. The monoisotopic (exact) mass is 448 g/mol. The van der Waals surface area contributed by atoms with Crippen molar-refractivity contribution in [2.45, 2.75) is 31.6 Å². The number of amides is 1. The second-order valence-electron chi connectivity index (χ2n) is 7.97. The summed E-state index contributed by atoms with van der Waals surface area (Å²) < 4.78 is 24.7. The van der Waals surface area contributed by atoms with Crippen molar-refractivity contribution in [3.8, 4) is 11.5 Å². The van der Waals surface area contributed by atoms with E-state index in [0.717, 1.165) is 30.9 Å². The van der Waals surface area contributed by atoms with Gasteiger partial charge in [0.15, 0.2) is 11.5 Å². The van der Waals surface area contributed by atoms with E-state index in [0.29, 0.717) is 31.1 Å². The van der Waals surface area contributed by atoms with E-state index in [9.17, 15) is 9.18 Å². The molecule has 0 aromatic heterocycles. The highest BCUT2D eigenvalue weighted by atomic mass is 35.5. The number of halogens is 2. The number of nitrogens with zero attached hydrogens (tertiary/aromatic N) is 2. The number of ether oxygens (including phenoxy) is 2. The number of carbonyl (C=O) groups is 1. The van der Waals surface area contributed by atoms with Crippen LogP contribution in [-0.4, -0.2) is 50.7 Å². The van der Waals surface area contributed by atoms with Gasteiger partial charge in [-0.05, 0) is 62.2 Å². The van der Waals surface area contributed by atoms with Gasteiger partial charge in [0.1, 0.15) is 12.4 Å². The lowest BCUT2D eigenvalue weighted by molar-refractivity contribution is -0.118. The van der Waals surface area contributed by atoms with Gasteiger partial charge in [0.25, 0.3) is 0 Å². The SMILES string of the molecule is COc1ccc(N2CCC(c3ccc(F)cc3)C2=O)cc1OCCN1CCCCC1.Cl. The minimum absolute atomic E-state index is 0. The summed E-state index contributed by atoms with van der Waals surface area (Å²) in [4.78, 5) is 17.2. The number of likely N-dealkylation sites (tertiary alicyclic amines) is 1. The zero-order chi connectivity index (χ0) is 20.9. The van der Waals surface area contributed by atoms with Crippen molar-refractivity contribution in [3.63, 3.8) is 0 Å². The Morgan fingerprint density at radius 3 is 2.45 bits per heavy atom. The van der Waals surface area contributed by atoms with Gasteiger partial charge in [-0.2, -0.15) is 0 Å². The zero-order valence-corrected chi connectivity index (χ0v) is 18.7. The number of hydrogen-bond donors (Lipinski definition) is 0. The van der Waals surface area contributed by atoms with Gasteiger partial charge in [0.2, 0.25) is 5.91 Å². The quantitative estimate of drug-likeness (QED) is 0.618. The fourth-order valence-corrected chi connectivity index (χ4v) is 4.35. The molecule has 2 aliphatic rings. The number of methoxy groups -OCH3 is 1. The van der Waals surface area contributed by atoms with Crippen molar-refractivity contribution in [2.24, 2.45) is 0 Å². The molecule has 2 aromatic carbocycles. The molecule has 0 saturated carbocycles. The van der Waals surface area contributed by atoms with Gasteiger partial charge in [-0.25, -0.2) is 4.39 Å². The highest BCUT2D eigenvalue weighted by Gasteiger charge is 2.34. The summed E-state index contributed by atoms with van der Waals surface area (Å²) in [5, 5.41) is 0. The predicted molar refractivity (Wildman–Crippen MR) is 122 cm³/mol. The van der Waals surface area contributed by atoms with Gasteiger partial charge in [0, 0.05) is 24.8 Å². The Hall–Kier alpha value is -2.31. The molecule has 4 rings (SSSR count). The molecule has 0 radical (unpaired) electrons. The minimum atomic E-state index is -0.289. The molecule has 0 N–H and O–H groups in total. The Kier molecular flexibility index (Phi) is 8.15. The molecule has 2 saturated heterocycles. The molecule has 0 aliphatic carbocycles.